The number of aliphatic hydroxyl groups excluding tert-OH is 1. The topological polar surface area (TPSA) is 55.5 Å². The Morgan fingerprint density at radius 2 is 2.27 bits per heavy atom. The van der Waals surface area contributed by atoms with Crippen LogP contribution in [0.25, 0.3) is 0 Å². The third-order valence-corrected chi connectivity index (χ3v) is 2.52. The summed E-state index contributed by atoms with van der Waals surface area (Å²) < 4.78 is 6.52. The van der Waals surface area contributed by atoms with E-state index in [9.17, 15) is 0 Å². The van der Waals surface area contributed by atoms with Crippen LogP contribution < -0.4 is 10.5 Å². The summed E-state index contributed by atoms with van der Waals surface area (Å²) in [7, 11) is 0. The molecule has 0 saturated carbocycles. The van der Waals surface area contributed by atoms with Gasteiger partial charge in [-0.3, -0.25) is 0 Å². The van der Waals surface area contributed by atoms with E-state index in [1.807, 2.05) is 25.1 Å². The Labute approximate surface area is 98.4 Å². The lowest BCUT2D eigenvalue weighted by Gasteiger charge is -2.14. The number of hydrogen-bond donors (Lipinski definition) is 2. The second-order valence-corrected chi connectivity index (χ2v) is 4.31. The Morgan fingerprint density at radius 1 is 1.53 bits per heavy atom. The molecule has 84 valence electrons. The molecule has 1 aromatic carbocycles. The van der Waals surface area contributed by atoms with E-state index < -0.39 is 0 Å². The molecule has 0 aliphatic carbocycles. The number of rotatable bonds is 5. The third kappa shape index (κ3) is 3.81. The van der Waals surface area contributed by atoms with Crippen LogP contribution in [0.1, 0.15) is 24.9 Å². The molecule has 0 radical (unpaired) electrons. The highest BCUT2D eigenvalue weighted by Gasteiger charge is 2.08. The Hall–Kier alpha value is -0.580. The summed E-state index contributed by atoms with van der Waals surface area (Å²) >= 11 is 3.40. The fourth-order valence-electron chi connectivity index (χ4n) is 1.25. The van der Waals surface area contributed by atoms with Crippen molar-refractivity contribution in [2.45, 2.75) is 19.4 Å². The summed E-state index contributed by atoms with van der Waals surface area (Å²) in [5.41, 5.74) is 6.81. The first-order valence-corrected chi connectivity index (χ1v) is 5.73. The van der Waals surface area contributed by atoms with Crippen LogP contribution in [0.4, 0.5) is 0 Å². The molecule has 0 spiro atoms. The lowest BCUT2D eigenvalue weighted by atomic mass is 10.1. The van der Waals surface area contributed by atoms with Crippen LogP contribution >= 0.6 is 15.9 Å². The Balaban J connectivity index is 2.77. The number of ether oxygens (including phenoxy) is 1. The molecule has 15 heavy (non-hydrogen) atoms. The van der Waals surface area contributed by atoms with E-state index >= 15 is 0 Å². The number of halogens is 1. The molecule has 3 nitrogen and oxygen atoms in total. The molecule has 4 heteroatoms. The van der Waals surface area contributed by atoms with Crippen LogP contribution in [0.5, 0.6) is 5.75 Å². The number of aliphatic hydroxyl groups is 1. The molecule has 3 N–H and O–H groups in total. The lowest BCUT2D eigenvalue weighted by molar-refractivity contribution is 0.232. The second kappa shape index (κ2) is 6.10. The molecule has 1 atom stereocenters. The number of hydrogen-bond acceptors (Lipinski definition) is 3. The second-order valence-electron chi connectivity index (χ2n) is 3.40. The van der Waals surface area contributed by atoms with Gasteiger partial charge in [0.25, 0.3) is 0 Å². The van der Waals surface area contributed by atoms with Gasteiger partial charge >= 0.3 is 0 Å². The summed E-state index contributed by atoms with van der Waals surface area (Å²) in [4.78, 5) is 0. The van der Waals surface area contributed by atoms with Gasteiger partial charge < -0.3 is 15.6 Å². The molecule has 1 rings (SSSR count). The molecule has 0 aliphatic heterocycles. The zero-order valence-electron chi connectivity index (χ0n) is 8.74. The molecule has 0 fully saturated rings. The largest absolute Gasteiger partial charge is 0.493 e. The van der Waals surface area contributed by atoms with Crippen LogP contribution in [0.3, 0.4) is 0 Å². The molecule has 0 saturated heterocycles. The van der Waals surface area contributed by atoms with Crippen molar-refractivity contribution in [3.63, 3.8) is 0 Å². The quantitative estimate of drug-likeness (QED) is 0.809. The zero-order valence-corrected chi connectivity index (χ0v) is 10.3. The van der Waals surface area contributed by atoms with Crippen LogP contribution in [-0.2, 0) is 0 Å². The molecule has 0 aliphatic rings. The van der Waals surface area contributed by atoms with Gasteiger partial charge in [0.1, 0.15) is 5.75 Å². The maximum atomic E-state index is 8.65. The fraction of sp³-hybridized carbons (Fsp3) is 0.455. The van der Waals surface area contributed by atoms with Crippen molar-refractivity contribution in [2.75, 3.05) is 13.2 Å². The van der Waals surface area contributed by atoms with Crippen LogP contribution in [0.15, 0.2) is 22.7 Å². The SMILES string of the molecule is C[C@H](N)c1cc(Br)ccc1OCCCO. The molecule has 0 heterocycles. The summed E-state index contributed by atoms with van der Waals surface area (Å²) in [6.45, 7) is 2.57. The molecule has 0 bridgehead atoms. The van der Waals surface area contributed by atoms with E-state index in [1.54, 1.807) is 0 Å². The van der Waals surface area contributed by atoms with Crippen LogP contribution in [-0.4, -0.2) is 18.3 Å². The first-order valence-electron chi connectivity index (χ1n) is 4.94. The molecular formula is C11H16BrNO2. The molecule has 0 amide bonds. The normalized spacial score (nSPS) is 12.5. The van der Waals surface area contributed by atoms with Gasteiger partial charge in [0, 0.05) is 29.1 Å². The minimum atomic E-state index is -0.0633. The third-order valence-electron chi connectivity index (χ3n) is 2.02. The highest BCUT2D eigenvalue weighted by atomic mass is 79.9. The van der Waals surface area contributed by atoms with Gasteiger partial charge in [0.15, 0.2) is 0 Å². The van der Waals surface area contributed by atoms with Crippen molar-refractivity contribution < 1.29 is 9.84 Å². The average Bonchev–Trinajstić information content (AvgIpc) is 2.20. The molecule has 0 unspecified atom stereocenters. The van der Waals surface area contributed by atoms with Crippen molar-refractivity contribution in [3.8, 4) is 5.75 Å². The van der Waals surface area contributed by atoms with Gasteiger partial charge in [0.2, 0.25) is 0 Å². The summed E-state index contributed by atoms with van der Waals surface area (Å²) in [6, 6.07) is 5.70. The highest BCUT2D eigenvalue weighted by molar-refractivity contribution is 9.10. The first kappa shape index (κ1) is 12.5. The van der Waals surface area contributed by atoms with E-state index in [4.69, 9.17) is 15.6 Å². The monoisotopic (exact) mass is 273 g/mol. The lowest BCUT2D eigenvalue weighted by Crippen LogP contribution is -2.09. The van der Waals surface area contributed by atoms with Crippen molar-refractivity contribution in [2.24, 2.45) is 5.73 Å². The summed E-state index contributed by atoms with van der Waals surface area (Å²) in [5.74, 6) is 0.793. The summed E-state index contributed by atoms with van der Waals surface area (Å²) in [6.07, 6.45) is 0.633. The van der Waals surface area contributed by atoms with Crippen molar-refractivity contribution in [3.05, 3.63) is 28.2 Å². The first-order chi connectivity index (χ1) is 7.15. The molecule has 1 aromatic rings. The maximum absolute atomic E-state index is 8.65. The van der Waals surface area contributed by atoms with Gasteiger partial charge in [-0.1, -0.05) is 15.9 Å². The predicted molar refractivity (Wildman–Crippen MR) is 63.9 cm³/mol. The van der Waals surface area contributed by atoms with Crippen LogP contribution in [0, 0.1) is 0 Å². The number of nitrogens with two attached hydrogens (primary N) is 1. The average molecular weight is 274 g/mol. The highest BCUT2D eigenvalue weighted by Crippen LogP contribution is 2.27. The van der Waals surface area contributed by atoms with Crippen LogP contribution in [0.2, 0.25) is 0 Å². The zero-order chi connectivity index (χ0) is 11.3. The van der Waals surface area contributed by atoms with Gasteiger partial charge in [-0.15, -0.1) is 0 Å². The number of benzene rings is 1. The predicted octanol–water partition coefficient (Wildman–Crippen LogP) is 2.23. The smallest absolute Gasteiger partial charge is 0.124 e. The molecular weight excluding hydrogens is 258 g/mol. The minimum absolute atomic E-state index is 0.0633. The molecule has 0 aromatic heterocycles. The fourth-order valence-corrected chi connectivity index (χ4v) is 1.63. The van der Waals surface area contributed by atoms with E-state index in [0.29, 0.717) is 13.0 Å². The van der Waals surface area contributed by atoms with E-state index in [0.717, 1.165) is 15.8 Å². The van der Waals surface area contributed by atoms with Crippen molar-refractivity contribution in [1.82, 2.24) is 0 Å². The van der Waals surface area contributed by atoms with Gasteiger partial charge in [-0.2, -0.15) is 0 Å². The minimum Gasteiger partial charge on any atom is -0.493 e. The van der Waals surface area contributed by atoms with Crippen molar-refractivity contribution >= 4 is 15.9 Å². The Bertz CT molecular complexity index is 315. The van der Waals surface area contributed by atoms with Gasteiger partial charge in [-0.25, -0.2) is 0 Å². The summed E-state index contributed by atoms with van der Waals surface area (Å²) in [5, 5.41) is 8.65. The Kier molecular flexibility index (Phi) is 5.08. The Morgan fingerprint density at radius 3 is 2.87 bits per heavy atom. The van der Waals surface area contributed by atoms with E-state index in [-0.39, 0.29) is 12.6 Å². The van der Waals surface area contributed by atoms with Crippen molar-refractivity contribution in [1.29, 1.82) is 0 Å². The van der Waals surface area contributed by atoms with Gasteiger partial charge in [-0.05, 0) is 25.1 Å². The van der Waals surface area contributed by atoms with E-state index in [1.165, 1.54) is 0 Å². The van der Waals surface area contributed by atoms with Gasteiger partial charge in [0.05, 0.1) is 6.61 Å². The standard InChI is InChI=1S/C11H16BrNO2/c1-8(13)10-7-9(12)3-4-11(10)15-6-2-5-14/h3-4,7-8,14H,2,5-6,13H2,1H3/t8-/m0/s1. The van der Waals surface area contributed by atoms with E-state index in [2.05, 4.69) is 15.9 Å². The maximum Gasteiger partial charge on any atom is 0.124 e.